The van der Waals surface area contributed by atoms with E-state index in [-0.39, 0.29) is 31.3 Å². The summed E-state index contributed by atoms with van der Waals surface area (Å²) in [4.78, 5) is 35.9. The number of ether oxygens (including phenoxy) is 1. The summed E-state index contributed by atoms with van der Waals surface area (Å²) in [6, 6.07) is 15.5. The van der Waals surface area contributed by atoms with Crippen molar-refractivity contribution in [2.75, 3.05) is 6.61 Å². The zero-order chi connectivity index (χ0) is 23.8. The molecule has 176 valence electrons. The molecule has 2 aromatic carbocycles. The van der Waals surface area contributed by atoms with Crippen LogP contribution < -0.4 is 10.6 Å². The quantitative estimate of drug-likeness (QED) is 0.467. The van der Waals surface area contributed by atoms with Crippen LogP contribution >= 0.6 is 0 Å². The van der Waals surface area contributed by atoms with E-state index in [0.29, 0.717) is 12.8 Å². The highest BCUT2D eigenvalue weighted by atomic mass is 16.5. The fraction of sp³-hybridized carbons (Fsp3) is 0.423. The first-order valence-corrected chi connectivity index (χ1v) is 11.6. The molecule has 2 amide bonds. The Hall–Kier alpha value is -3.35. The minimum absolute atomic E-state index is 0.0302. The fourth-order valence-corrected chi connectivity index (χ4v) is 4.40. The number of carbonyl (C=O) groups is 3. The molecule has 0 radical (unpaired) electrons. The van der Waals surface area contributed by atoms with Crippen molar-refractivity contribution >= 4 is 18.0 Å². The predicted molar refractivity (Wildman–Crippen MR) is 126 cm³/mol. The highest BCUT2D eigenvalue weighted by Gasteiger charge is 2.29. The number of alkyl carbamates (subject to hydrolysis) is 1. The van der Waals surface area contributed by atoms with Gasteiger partial charge in [0, 0.05) is 24.4 Å². The van der Waals surface area contributed by atoms with Gasteiger partial charge in [-0.1, -0.05) is 68.8 Å². The number of carbonyl (C=O) groups excluding carboxylic acids is 2. The Bertz CT molecular complexity index is 945. The predicted octanol–water partition coefficient (Wildman–Crippen LogP) is 4.45. The van der Waals surface area contributed by atoms with Gasteiger partial charge in [0.2, 0.25) is 5.91 Å². The van der Waals surface area contributed by atoms with Gasteiger partial charge in [-0.15, -0.1) is 0 Å². The summed E-state index contributed by atoms with van der Waals surface area (Å²) in [6.07, 6.45) is 1.31. The molecule has 2 atom stereocenters. The van der Waals surface area contributed by atoms with Crippen molar-refractivity contribution in [3.63, 3.8) is 0 Å². The molecule has 7 nitrogen and oxygen atoms in total. The molecule has 0 saturated heterocycles. The molecule has 3 rings (SSSR count). The Kier molecular flexibility index (Phi) is 8.46. The number of nitrogens with one attached hydrogen (secondary N) is 2. The summed E-state index contributed by atoms with van der Waals surface area (Å²) in [5, 5.41) is 14.6. The van der Waals surface area contributed by atoms with Crippen molar-refractivity contribution < 1.29 is 24.2 Å². The van der Waals surface area contributed by atoms with Gasteiger partial charge < -0.3 is 20.5 Å². The monoisotopic (exact) mass is 452 g/mol. The summed E-state index contributed by atoms with van der Waals surface area (Å²) in [6.45, 7) is 4.02. The summed E-state index contributed by atoms with van der Waals surface area (Å²) < 4.78 is 5.57. The number of carboxylic acid groups (broad SMARTS) is 1. The number of hydrogen-bond acceptors (Lipinski definition) is 4. The molecule has 33 heavy (non-hydrogen) atoms. The van der Waals surface area contributed by atoms with Crippen molar-refractivity contribution in [2.24, 2.45) is 0 Å². The Morgan fingerprint density at radius 3 is 2.06 bits per heavy atom. The molecule has 2 aromatic rings. The summed E-state index contributed by atoms with van der Waals surface area (Å²) >= 11 is 0. The van der Waals surface area contributed by atoms with Gasteiger partial charge in [0.15, 0.2) is 0 Å². The Balaban J connectivity index is 1.54. The standard InChI is InChI=1S/C26H32N2O5/c1-3-9-18(15-25(30)31)27-24(29)14-17(4-2)28-26(32)33-16-23-21-12-7-5-10-19(21)20-11-6-8-13-22(20)23/h5-8,10-13,17-18,23H,3-4,9,14-16H2,1-2H3,(H,27,29)(H,28,32)(H,30,31)/t17-,18?/m1/s1. The van der Waals surface area contributed by atoms with E-state index in [2.05, 4.69) is 34.9 Å². The molecule has 0 saturated carbocycles. The van der Waals surface area contributed by atoms with Crippen LogP contribution in [-0.2, 0) is 14.3 Å². The summed E-state index contributed by atoms with van der Waals surface area (Å²) in [5.74, 6) is -1.25. The number of carboxylic acids is 1. The third-order valence-electron chi connectivity index (χ3n) is 6.01. The maximum absolute atomic E-state index is 12.5. The van der Waals surface area contributed by atoms with Crippen LogP contribution in [0, 0.1) is 0 Å². The maximum atomic E-state index is 12.5. The lowest BCUT2D eigenvalue weighted by Crippen LogP contribution is -2.42. The van der Waals surface area contributed by atoms with Crippen molar-refractivity contribution in [3.05, 3.63) is 59.7 Å². The molecule has 7 heteroatoms. The van der Waals surface area contributed by atoms with E-state index < -0.39 is 24.1 Å². The smallest absolute Gasteiger partial charge is 0.407 e. The number of benzene rings is 2. The van der Waals surface area contributed by atoms with Crippen LogP contribution in [-0.4, -0.2) is 41.8 Å². The second-order valence-corrected chi connectivity index (χ2v) is 8.43. The minimum atomic E-state index is -0.947. The second kappa shape index (κ2) is 11.5. The van der Waals surface area contributed by atoms with E-state index >= 15 is 0 Å². The second-order valence-electron chi connectivity index (χ2n) is 8.43. The molecule has 0 heterocycles. The normalized spacial score (nSPS) is 14.0. The molecule has 3 N–H and O–H groups in total. The van der Waals surface area contributed by atoms with E-state index in [1.54, 1.807) is 0 Å². The van der Waals surface area contributed by atoms with Gasteiger partial charge in [-0.05, 0) is 35.1 Å². The zero-order valence-electron chi connectivity index (χ0n) is 19.2. The van der Waals surface area contributed by atoms with E-state index in [1.165, 1.54) is 0 Å². The molecule has 1 unspecified atom stereocenters. The van der Waals surface area contributed by atoms with Gasteiger partial charge in [0.25, 0.3) is 0 Å². The third-order valence-corrected chi connectivity index (χ3v) is 6.01. The number of rotatable bonds is 11. The van der Waals surface area contributed by atoms with E-state index in [9.17, 15) is 14.4 Å². The fourth-order valence-electron chi connectivity index (χ4n) is 4.40. The summed E-state index contributed by atoms with van der Waals surface area (Å²) in [7, 11) is 0. The number of hydrogen-bond donors (Lipinski definition) is 3. The minimum Gasteiger partial charge on any atom is -0.481 e. The average Bonchev–Trinajstić information content (AvgIpc) is 3.10. The highest BCUT2D eigenvalue weighted by molar-refractivity contribution is 5.80. The van der Waals surface area contributed by atoms with Gasteiger partial charge in [0.1, 0.15) is 6.61 Å². The molecule has 0 bridgehead atoms. The molecular formula is C26H32N2O5. The topological polar surface area (TPSA) is 105 Å². The van der Waals surface area contributed by atoms with E-state index in [4.69, 9.17) is 9.84 Å². The van der Waals surface area contributed by atoms with Crippen molar-refractivity contribution in [1.82, 2.24) is 10.6 Å². The van der Waals surface area contributed by atoms with Crippen molar-refractivity contribution in [3.8, 4) is 11.1 Å². The van der Waals surface area contributed by atoms with E-state index in [0.717, 1.165) is 28.7 Å². The first kappa shape index (κ1) is 24.3. The lowest BCUT2D eigenvalue weighted by atomic mass is 9.98. The molecule has 0 fully saturated rings. The van der Waals surface area contributed by atoms with Gasteiger partial charge in [0.05, 0.1) is 6.42 Å². The van der Waals surface area contributed by atoms with Gasteiger partial charge in [-0.3, -0.25) is 9.59 Å². The first-order chi connectivity index (χ1) is 15.9. The van der Waals surface area contributed by atoms with Crippen LogP contribution in [0.4, 0.5) is 4.79 Å². The molecular weight excluding hydrogens is 420 g/mol. The van der Waals surface area contributed by atoms with Crippen LogP contribution in [0.15, 0.2) is 48.5 Å². The Morgan fingerprint density at radius 2 is 1.52 bits per heavy atom. The lowest BCUT2D eigenvalue weighted by molar-refractivity contribution is -0.137. The Labute approximate surface area is 194 Å². The number of aliphatic carboxylic acids is 1. The third kappa shape index (κ3) is 6.34. The Morgan fingerprint density at radius 1 is 0.909 bits per heavy atom. The molecule has 1 aliphatic carbocycles. The van der Waals surface area contributed by atoms with Crippen LogP contribution in [0.3, 0.4) is 0 Å². The molecule has 0 aliphatic heterocycles. The lowest BCUT2D eigenvalue weighted by Gasteiger charge is -2.21. The van der Waals surface area contributed by atoms with Crippen LogP contribution in [0.5, 0.6) is 0 Å². The number of amides is 2. The van der Waals surface area contributed by atoms with Gasteiger partial charge in [-0.25, -0.2) is 4.79 Å². The highest BCUT2D eigenvalue weighted by Crippen LogP contribution is 2.44. The van der Waals surface area contributed by atoms with Crippen molar-refractivity contribution in [1.29, 1.82) is 0 Å². The molecule has 0 spiro atoms. The van der Waals surface area contributed by atoms with Crippen LogP contribution in [0.25, 0.3) is 11.1 Å². The first-order valence-electron chi connectivity index (χ1n) is 11.6. The SMILES string of the molecule is CCCC(CC(=O)O)NC(=O)C[C@@H](CC)NC(=O)OCC1c2ccccc2-c2ccccc21. The maximum Gasteiger partial charge on any atom is 0.407 e. The number of fused-ring (bicyclic) bond motifs is 3. The van der Waals surface area contributed by atoms with Crippen LogP contribution in [0.2, 0.25) is 0 Å². The van der Waals surface area contributed by atoms with Gasteiger partial charge >= 0.3 is 12.1 Å². The summed E-state index contributed by atoms with van der Waals surface area (Å²) in [5.41, 5.74) is 4.60. The van der Waals surface area contributed by atoms with E-state index in [1.807, 2.05) is 38.1 Å². The largest absolute Gasteiger partial charge is 0.481 e. The average molecular weight is 453 g/mol. The van der Waals surface area contributed by atoms with Gasteiger partial charge in [-0.2, -0.15) is 0 Å². The zero-order valence-corrected chi connectivity index (χ0v) is 19.2. The molecule has 1 aliphatic rings. The molecule has 0 aromatic heterocycles. The van der Waals surface area contributed by atoms with Crippen LogP contribution in [0.1, 0.15) is 63.0 Å². The van der Waals surface area contributed by atoms with Crippen molar-refractivity contribution in [2.45, 2.75) is 64.0 Å².